The highest BCUT2D eigenvalue weighted by atomic mass is 32.2. The Bertz CT molecular complexity index is 922. The van der Waals surface area contributed by atoms with Gasteiger partial charge in [-0.15, -0.1) is 0 Å². The number of nitrogens with zero attached hydrogens (tertiary/aromatic N) is 1. The lowest BCUT2D eigenvalue weighted by Crippen LogP contribution is -3.13. The lowest BCUT2D eigenvalue weighted by atomic mass is 10.2. The zero-order chi connectivity index (χ0) is 19.6. The van der Waals surface area contributed by atoms with Crippen molar-refractivity contribution in [2.24, 2.45) is 0 Å². The highest BCUT2D eigenvalue weighted by molar-refractivity contribution is 7.89. The molecule has 8 heteroatoms. The summed E-state index contributed by atoms with van der Waals surface area (Å²) in [7, 11) is -3.47. The Morgan fingerprint density at radius 3 is 2.46 bits per heavy atom. The molecule has 0 radical (unpaired) electrons. The second-order valence-electron chi connectivity index (χ2n) is 6.92. The maximum Gasteiger partial charge on any atom is 0.243 e. The maximum atomic E-state index is 12.9. The molecule has 4 rings (SSSR count). The van der Waals surface area contributed by atoms with Gasteiger partial charge in [0, 0.05) is 5.56 Å². The molecule has 2 aromatic carbocycles. The van der Waals surface area contributed by atoms with E-state index in [2.05, 4.69) is 0 Å². The minimum atomic E-state index is -3.47. The van der Waals surface area contributed by atoms with Crippen LogP contribution in [-0.4, -0.2) is 52.3 Å². The van der Waals surface area contributed by atoms with E-state index in [1.165, 1.54) is 10.5 Å². The smallest absolute Gasteiger partial charge is 0.243 e. The molecule has 1 N–H and O–H groups in total. The molecule has 2 aromatic rings. The van der Waals surface area contributed by atoms with Gasteiger partial charge in [-0.2, -0.15) is 4.31 Å². The summed E-state index contributed by atoms with van der Waals surface area (Å²) in [6.07, 6.45) is 0. The molecule has 150 valence electrons. The van der Waals surface area contributed by atoms with E-state index < -0.39 is 10.0 Å². The van der Waals surface area contributed by atoms with E-state index in [9.17, 15) is 8.42 Å². The number of nitrogens with one attached hydrogen (secondary N) is 1. The molecule has 0 aromatic heterocycles. The van der Waals surface area contributed by atoms with Crippen LogP contribution in [0.3, 0.4) is 0 Å². The number of piperazine rings is 1. The second kappa shape index (κ2) is 7.98. The highest BCUT2D eigenvalue weighted by Crippen LogP contribution is 2.32. The van der Waals surface area contributed by atoms with Crippen molar-refractivity contribution in [1.29, 1.82) is 0 Å². The van der Waals surface area contributed by atoms with Gasteiger partial charge >= 0.3 is 0 Å². The van der Waals surface area contributed by atoms with E-state index in [4.69, 9.17) is 14.2 Å². The van der Waals surface area contributed by atoms with Crippen LogP contribution >= 0.6 is 0 Å². The Morgan fingerprint density at radius 1 is 1.04 bits per heavy atom. The summed E-state index contributed by atoms with van der Waals surface area (Å²) < 4.78 is 43.5. The molecule has 0 amide bonds. The fraction of sp³-hybridized carbons (Fsp3) is 0.400. The summed E-state index contributed by atoms with van der Waals surface area (Å²) in [5, 5.41) is 0. The highest BCUT2D eigenvalue weighted by Gasteiger charge is 2.30. The van der Waals surface area contributed by atoms with Gasteiger partial charge in [0.15, 0.2) is 11.5 Å². The van der Waals surface area contributed by atoms with E-state index >= 15 is 0 Å². The van der Waals surface area contributed by atoms with Gasteiger partial charge in [0.25, 0.3) is 0 Å². The van der Waals surface area contributed by atoms with Gasteiger partial charge in [-0.3, -0.25) is 0 Å². The Labute approximate surface area is 165 Å². The average molecular weight is 405 g/mol. The SMILES string of the molecule is CCOc1ccc(S(=O)(=O)N2CC[NH+](Cc3ccc4c(c3)OCO4)CC2)cc1. The number of fused-ring (bicyclic) bond motifs is 1. The van der Waals surface area contributed by atoms with Crippen LogP contribution in [0.25, 0.3) is 0 Å². The molecular weight excluding hydrogens is 380 g/mol. The van der Waals surface area contributed by atoms with Crippen molar-refractivity contribution in [3.8, 4) is 17.2 Å². The first-order valence-corrected chi connectivity index (χ1v) is 11.0. The van der Waals surface area contributed by atoms with E-state index in [1.807, 2.05) is 25.1 Å². The number of sulfonamides is 1. The van der Waals surface area contributed by atoms with Gasteiger partial charge in [-0.05, 0) is 49.4 Å². The average Bonchev–Trinajstić information content (AvgIpc) is 3.17. The minimum Gasteiger partial charge on any atom is -0.494 e. The zero-order valence-electron chi connectivity index (χ0n) is 15.9. The fourth-order valence-corrected chi connectivity index (χ4v) is 5.02. The fourth-order valence-electron chi connectivity index (χ4n) is 3.58. The van der Waals surface area contributed by atoms with Gasteiger partial charge in [0.1, 0.15) is 12.3 Å². The van der Waals surface area contributed by atoms with E-state index in [-0.39, 0.29) is 6.79 Å². The predicted octanol–water partition coefficient (Wildman–Crippen LogP) is 0.903. The number of hydrogen-bond acceptors (Lipinski definition) is 5. The summed E-state index contributed by atoms with van der Waals surface area (Å²) in [5.74, 6) is 2.25. The molecule has 2 aliphatic heterocycles. The van der Waals surface area contributed by atoms with Gasteiger partial charge in [0.2, 0.25) is 16.8 Å². The van der Waals surface area contributed by atoms with E-state index in [0.29, 0.717) is 30.3 Å². The monoisotopic (exact) mass is 405 g/mol. The van der Waals surface area contributed by atoms with Crippen molar-refractivity contribution in [3.05, 3.63) is 48.0 Å². The van der Waals surface area contributed by atoms with Gasteiger partial charge < -0.3 is 19.1 Å². The molecule has 0 bridgehead atoms. The molecule has 2 heterocycles. The largest absolute Gasteiger partial charge is 0.494 e. The topological polar surface area (TPSA) is 69.5 Å². The van der Waals surface area contributed by atoms with Gasteiger partial charge in [0.05, 0.1) is 37.7 Å². The van der Waals surface area contributed by atoms with Crippen LogP contribution in [0.2, 0.25) is 0 Å². The standard InChI is InChI=1S/C20H24N2O5S/c1-2-25-17-4-6-18(7-5-17)28(23,24)22-11-9-21(10-12-22)14-16-3-8-19-20(13-16)27-15-26-19/h3-8,13H,2,9-12,14-15H2,1H3/p+1. The van der Waals surface area contributed by atoms with Crippen LogP contribution in [0.15, 0.2) is 47.4 Å². The number of quaternary nitrogens is 1. The molecular formula is C20H25N2O5S+. The van der Waals surface area contributed by atoms with E-state index in [0.717, 1.165) is 31.1 Å². The summed E-state index contributed by atoms with van der Waals surface area (Å²) in [6, 6.07) is 12.6. The van der Waals surface area contributed by atoms with Crippen LogP contribution in [0.1, 0.15) is 12.5 Å². The third-order valence-corrected chi connectivity index (χ3v) is 7.01. The lowest BCUT2D eigenvalue weighted by molar-refractivity contribution is -0.917. The summed E-state index contributed by atoms with van der Waals surface area (Å²) in [6.45, 7) is 6.12. The lowest BCUT2D eigenvalue weighted by Gasteiger charge is -2.31. The van der Waals surface area contributed by atoms with Gasteiger partial charge in [-0.25, -0.2) is 8.42 Å². The Morgan fingerprint density at radius 2 is 1.75 bits per heavy atom. The van der Waals surface area contributed by atoms with Crippen molar-refractivity contribution in [2.45, 2.75) is 18.4 Å². The van der Waals surface area contributed by atoms with Crippen molar-refractivity contribution >= 4 is 10.0 Å². The summed E-state index contributed by atoms with van der Waals surface area (Å²) in [5.41, 5.74) is 1.17. The quantitative estimate of drug-likeness (QED) is 0.774. The molecule has 1 fully saturated rings. The van der Waals surface area contributed by atoms with Crippen LogP contribution in [0, 0.1) is 0 Å². The first-order valence-electron chi connectivity index (χ1n) is 9.51. The van der Waals surface area contributed by atoms with Gasteiger partial charge in [-0.1, -0.05) is 0 Å². The van der Waals surface area contributed by atoms with Crippen molar-refractivity contribution in [3.63, 3.8) is 0 Å². The third-order valence-electron chi connectivity index (χ3n) is 5.09. The molecule has 28 heavy (non-hydrogen) atoms. The predicted molar refractivity (Wildman–Crippen MR) is 103 cm³/mol. The summed E-state index contributed by atoms with van der Waals surface area (Å²) >= 11 is 0. The molecule has 0 unspecified atom stereocenters. The normalized spacial score (nSPS) is 17.6. The molecule has 0 atom stereocenters. The summed E-state index contributed by atoms with van der Waals surface area (Å²) in [4.78, 5) is 1.67. The molecule has 0 saturated carbocycles. The molecule has 1 saturated heterocycles. The van der Waals surface area contributed by atoms with Crippen LogP contribution in [0.4, 0.5) is 0 Å². The molecule has 7 nitrogen and oxygen atoms in total. The Balaban J connectivity index is 1.36. The molecule has 2 aliphatic rings. The van der Waals surface area contributed by atoms with Crippen molar-refractivity contribution in [1.82, 2.24) is 4.31 Å². The Kier molecular flexibility index (Phi) is 5.43. The van der Waals surface area contributed by atoms with Crippen LogP contribution in [-0.2, 0) is 16.6 Å². The van der Waals surface area contributed by atoms with Crippen molar-refractivity contribution < 1.29 is 27.5 Å². The number of benzene rings is 2. The first-order chi connectivity index (χ1) is 13.6. The second-order valence-corrected chi connectivity index (χ2v) is 8.86. The number of hydrogen-bond donors (Lipinski definition) is 1. The van der Waals surface area contributed by atoms with E-state index in [1.54, 1.807) is 28.6 Å². The molecule has 0 spiro atoms. The van der Waals surface area contributed by atoms with Crippen LogP contribution in [0.5, 0.6) is 17.2 Å². The Hall–Kier alpha value is -2.29. The number of rotatable bonds is 6. The third kappa shape index (κ3) is 3.94. The first kappa shape index (κ1) is 19.0. The number of ether oxygens (including phenoxy) is 3. The maximum absolute atomic E-state index is 12.9. The molecule has 0 aliphatic carbocycles. The minimum absolute atomic E-state index is 0.272. The zero-order valence-corrected chi connectivity index (χ0v) is 16.7. The van der Waals surface area contributed by atoms with Crippen LogP contribution < -0.4 is 19.1 Å². The van der Waals surface area contributed by atoms with Crippen molar-refractivity contribution in [2.75, 3.05) is 39.6 Å².